The summed E-state index contributed by atoms with van der Waals surface area (Å²) in [6, 6.07) is 1.35. The van der Waals surface area contributed by atoms with E-state index in [0.29, 0.717) is 18.7 Å². The molecule has 0 heterocycles. The Balaban J connectivity index is 2.90. The van der Waals surface area contributed by atoms with E-state index in [2.05, 4.69) is 5.32 Å². The van der Waals surface area contributed by atoms with Crippen LogP contribution in [0, 0.1) is 21.7 Å². The van der Waals surface area contributed by atoms with E-state index in [9.17, 15) is 23.7 Å². The van der Waals surface area contributed by atoms with E-state index in [1.165, 1.54) is 0 Å². The molecule has 8 heteroatoms. The van der Waals surface area contributed by atoms with Gasteiger partial charge < -0.3 is 10.1 Å². The van der Waals surface area contributed by atoms with Crippen LogP contribution in [-0.2, 0) is 4.74 Å². The van der Waals surface area contributed by atoms with Crippen molar-refractivity contribution in [2.45, 2.75) is 6.92 Å². The van der Waals surface area contributed by atoms with Crippen molar-refractivity contribution in [3.8, 4) is 0 Å². The van der Waals surface area contributed by atoms with Crippen molar-refractivity contribution in [1.82, 2.24) is 5.32 Å². The molecule has 0 atom stereocenters. The predicted molar refractivity (Wildman–Crippen MR) is 61.8 cm³/mol. The average Bonchev–Trinajstić information content (AvgIpc) is 2.34. The topological polar surface area (TPSA) is 81.5 Å². The van der Waals surface area contributed by atoms with Gasteiger partial charge in [-0.1, -0.05) is 0 Å². The number of halogens is 2. The van der Waals surface area contributed by atoms with Crippen molar-refractivity contribution >= 4 is 11.6 Å². The molecule has 1 N–H and O–H groups in total. The van der Waals surface area contributed by atoms with Gasteiger partial charge in [-0.15, -0.1) is 0 Å². The molecule has 0 saturated heterocycles. The summed E-state index contributed by atoms with van der Waals surface area (Å²) in [5.41, 5.74) is -1.91. The van der Waals surface area contributed by atoms with Gasteiger partial charge in [-0.2, -0.15) is 4.39 Å². The number of rotatable bonds is 6. The van der Waals surface area contributed by atoms with E-state index in [1.807, 2.05) is 0 Å². The maximum atomic E-state index is 13.6. The lowest BCUT2D eigenvalue weighted by molar-refractivity contribution is -0.387. The van der Waals surface area contributed by atoms with Gasteiger partial charge in [0.15, 0.2) is 0 Å². The molecule has 0 spiro atoms. The highest BCUT2D eigenvalue weighted by molar-refractivity contribution is 5.95. The fourth-order valence-electron chi connectivity index (χ4n) is 1.36. The predicted octanol–water partition coefficient (Wildman–Crippen LogP) is 1.64. The van der Waals surface area contributed by atoms with Gasteiger partial charge in [-0.05, 0) is 13.0 Å². The van der Waals surface area contributed by atoms with E-state index in [4.69, 9.17) is 4.74 Å². The van der Waals surface area contributed by atoms with Gasteiger partial charge in [0.25, 0.3) is 5.91 Å². The van der Waals surface area contributed by atoms with E-state index < -0.39 is 33.7 Å². The molecule has 1 aromatic carbocycles. The molecule has 1 aromatic rings. The zero-order valence-corrected chi connectivity index (χ0v) is 10.1. The molecular weight excluding hydrogens is 262 g/mol. The van der Waals surface area contributed by atoms with Gasteiger partial charge in [0.05, 0.1) is 11.5 Å². The molecule has 0 aliphatic carbocycles. The summed E-state index contributed by atoms with van der Waals surface area (Å²) in [5, 5.41) is 12.7. The number of nitro groups is 1. The Labute approximate surface area is 107 Å². The maximum Gasteiger partial charge on any atom is 0.305 e. The third kappa shape index (κ3) is 3.68. The summed E-state index contributed by atoms with van der Waals surface area (Å²) >= 11 is 0. The van der Waals surface area contributed by atoms with Gasteiger partial charge in [0.1, 0.15) is 11.4 Å². The van der Waals surface area contributed by atoms with E-state index in [1.54, 1.807) is 6.92 Å². The zero-order chi connectivity index (χ0) is 14.4. The van der Waals surface area contributed by atoms with Crippen molar-refractivity contribution in [2.24, 2.45) is 0 Å². The monoisotopic (exact) mass is 274 g/mol. The molecule has 1 rings (SSSR count). The molecule has 0 aliphatic rings. The molecule has 0 radical (unpaired) electrons. The first-order valence-electron chi connectivity index (χ1n) is 5.47. The minimum Gasteiger partial charge on any atom is -0.380 e. The number of carbonyl (C=O) groups excluding carboxylic acids is 1. The number of amides is 1. The van der Waals surface area contributed by atoms with Crippen LogP contribution in [0.1, 0.15) is 17.3 Å². The highest BCUT2D eigenvalue weighted by Crippen LogP contribution is 2.22. The zero-order valence-electron chi connectivity index (χ0n) is 10.1. The summed E-state index contributed by atoms with van der Waals surface area (Å²) < 4.78 is 31.9. The molecule has 19 heavy (non-hydrogen) atoms. The lowest BCUT2D eigenvalue weighted by Crippen LogP contribution is -2.29. The Bertz CT molecular complexity index is 494. The number of hydrogen-bond donors (Lipinski definition) is 1. The molecule has 0 bridgehead atoms. The Morgan fingerprint density at radius 3 is 2.74 bits per heavy atom. The lowest BCUT2D eigenvalue weighted by atomic mass is 10.1. The molecule has 0 fully saturated rings. The molecule has 104 valence electrons. The molecular formula is C11H12F2N2O4. The summed E-state index contributed by atoms with van der Waals surface area (Å²) in [4.78, 5) is 21.0. The maximum absolute atomic E-state index is 13.6. The van der Waals surface area contributed by atoms with Crippen LogP contribution in [0.15, 0.2) is 12.1 Å². The second-order valence-corrected chi connectivity index (χ2v) is 3.47. The van der Waals surface area contributed by atoms with Crippen LogP contribution in [-0.4, -0.2) is 30.6 Å². The van der Waals surface area contributed by atoms with Gasteiger partial charge in [-0.25, -0.2) is 4.39 Å². The van der Waals surface area contributed by atoms with Crippen molar-refractivity contribution in [3.63, 3.8) is 0 Å². The smallest absolute Gasteiger partial charge is 0.305 e. The van der Waals surface area contributed by atoms with Crippen LogP contribution in [0.2, 0.25) is 0 Å². The van der Waals surface area contributed by atoms with E-state index >= 15 is 0 Å². The molecule has 6 nitrogen and oxygen atoms in total. The Kier molecular flexibility index (Phi) is 5.31. The standard InChI is InChI=1S/C11H12F2N2O4/c1-2-19-6-5-14-11(16)9-7(12)3-4-8(10(9)13)15(17)18/h3-4H,2,5-6H2,1H3,(H,14,16). The van der Waals surface area contributed by atoms with Crippen LogP contribution in [0.25, 0.3) is 0 Å². The molecule has 0 aliphatic heterocycles. The van der Waals surface area contributed by atoms with Gasteiger partial charge in [0, 0.05) is 19.2 Å². The number of hydrogen-bond acceptors (Lipinski definition) is 4. The first kappa shape index (κ1) is 15.0. The van der Waals surface area contributed by atoms with E-state index in [-0.39, 0.29) is 13.2 Å². The second-order valence-electron chi connectivity index (χ2n) is 3.47. The van der Waals surface area contributed by atoms with Crippen LogP contribution in [0.3, 0.4) is 0 Å². The van der Waals surface area contributed by atoms with Crippen molar-refractivity contribution in [1.29, 1.82) is 0 Å². The Morgan fingerprint density at radius 2 is 2.16 bits per heavy atom. The Morgan fingerprint density at radius 1 is 1.47 bits per heavy atom. The lowest BCUT2D eigenvalue weighted by Gasteiger charge is -2.07. The fraction of sp³-hybridized carbons (Fsp3) is 0.364. The van der Waals surface area contributed by atoms with Crippen molar-refractivity contribution < 1.29 is 23.2 Å². The minimum absolute atomic E-state index is 0.0498. The summed E-state index contributed by atoms with van der Waals surface area (Å²) in [5.74, 6) is -3.70. The first-order valence-corrected chi connectivity index (χ1v) is 5.47. The average molecular weight is 274 g/mol. The molecule has 0 saturated carbocycles. The second kappa shape index (κ2) is 6.74. The molecule has 0 aromatic heterocycles. The van der Waals surface area contributed by atoms with Crippen molar-refractivity contribution in [3.05, 3.63) is 39.4 Å². The first-order chi connectivity index (χ1) is 8.99. The number of nitro benzene ring substituents is 1. The SMILES string of the molecule is CCOCCNC(=O)c1c(F)ccc([N+](=O)[O-])c1F. The van der Waals surface area contributed by atoms with Crippen LogP contribution >= 0.6 is 0 Å². The Hall–Kier alpha value is -2.09. The highest BCUT2D eigenvalue weighted by atomic mass is 19.1. The summed E-state index contributed by atoms with van der Waals surface area (Å²) in [7, 11) is 0. The normalized spacial score (nSPS) is 10.3. The van der Waals surface area contributed by atoms with Gasteiger partial charge in [0.2, 0.25) is 5.82 Å². The highest BCUT2D eigenvalue weighted by Gasteiger charge is 2.25. The number of carbonyl (C=O) groups is 1. The minimum atomic E-state index is -1.49. The molecule has 1 amide bonds. The van der Waals surface area contributed by atoms with Gasteiger partial charge in [-0.3, -0.25) is 14.9 Å². The number of nitrogens with zero attached hydrogens (tertiary/aromatic N) is 1. The van der Waals surface area contributed by atoms with Crippen LogP contribution in [0.4, 0.5) is 14.5 Å². The third-order valence-corrected chi connectivity index (χ3v) is 2.23. The number of nitrogens with one attached hydrogen (secondary N) is 1. The largest absolute Gasteiger partial charge is 0.380 e. The fourth-order valence-corrected chi connectivity index (χ4v) is 1.36. The van der Waals surface area contributed by atoms with Crippen molar-refractivity contribution in [2.75, 3.05) is 19.8 Å². The number of ether oxygens (including phenoxy) is 1. The molecule has 0 unspecified atom stereocenters. The quantitative estimate of drug-likeness (QED) is 0.485. The van der Waals surface area contributed by atoms with Gasteiger partial charge >= 0.3 is 5.69 Å². The van der Waals surface area contributed by atoms with Crippen LogP contribution in [0.5, 0.6) is 0 Å². The van der Waals surface area contributed by atoms with E-state index in [0.717, 1.165) is 0 Å². The summed E-state index contributed by atoms with van der Waals surface area (Å²) in [6.45, 7) is 2.42. The van der Waals surface area contributed by atoms with Crippen LogP contribution < -0.4 is 5.32 Å². The number of benzene rings is 1. The third-order valence-electron chi connectivity index (χ3n) is 2.23. The summed E-state index contributed by atoms with van der Waals surface area (Å²) in [6.07, 6.45) is 0.